The largest absolute Gasteiger partial charge is 0.349 e. The van der Waals surface area contributed by atoms with Gasteiger partial charge in [0.25, 0.3) is 5.91 Å². The van der Waals surface area contributed by atoms with Crippen LogP contribution in [0.15, 0.2) is 0 Å². The SMILES string of the molecule is CC(C)c1nc(C(=O)NCC2CCN(C(C)C)C2)n[nH]1. The highest BCUT2D eigenvalue weighted by molar-refractivity contribution is 5.90. The van der Waals surface area contributed by atoms with E-state index >= 15 is 0 Å². The van der Waals surface area contributed by atoms with Gasteiger partial charge < -0.3 is 10.2 Å². The Kier molecular flexibility index (Phi) is 4.75. The molecule has 1 amide bonds. The Hall–Kier alpha value is -1.43. The molecule has 0 aliphatic carbocycles. The predicted molar refractivity (Wildman–Crippen MR) is 77.6 cm³/mol. The smallest absolute Gasteiger partial charge is 0.290 e. The van der Waals surface area contributed by atoms with Gasteiger partial charge in [0.1, 0.15) is 5.82 Å². The van der Waals surface area contributed by atoms with Gasteiger partial charge >= 0.3 is 0 Å². The van der Waals surface area contributed by atoms with Crippen LogP contribution in [0.25, 0.3) is 0 Å². The number of H-pyrrole nitrogens is 1. The summed E-state index contributed by atoms with van der Waals surface area (Å²) >= 11 is 0. The van der Waals surface area contributed by atoms with Crippen molar-refractivity contribution in [1.29, 1.82) is 0 Å². The number of aromatic amines is 1. The van der Waals surface area contributed by atoms with E-state index in [4.69, 9.17) is 0 Å². The molecule has 1 aromatic heterocycles. The number of carbonyl (C=O) groups is 1. The van der Waals surface area contributed by atoms with Gasteiger partial charge in [0.05, 0.1) is 0 Å². The Labute approximate surface area is 120 Å². The molecule has 6 heteroatoms. The quantitative estimate of drug-likeness (QED) is 0.854. The first kappa shape index (κ1) is 15.0. The van der Waals surface area contributed by atoms with Crippen LogP contribution in [0.1, 0.15) is 56.5 Å². The number of nitrogens with one attached hydrogen (secondary N) is 2. The molecule has 1 unspecified atom stereocenters. The van der Waals surface area contributed by atoms with E-state index < -0.39 is 0 Å². The van der Waals surface area contributed by atoms with Gasteiger partial charge in [0.15, 0.2) is 0 Å². The van der Waals surface area contributed by atoms with E-state index in [-0.39, 0.29) is 17.6 Å². The minimum absolute atomic E-state index is 0.184. The van der Waals surface area contributed by atoms with E-state index in [0.29, 0.717) is 18.5 Å². The van der Waals surface area contributed by atoms with E-state index in [2.05, 4.69) is 39.2 Å². The highest BCUT2D eigenvalue weighted by Gasteiger charge is 2.25. The number of nitrogens with zero attached hydrogens (tertiary/aromatic N) is 3. The lowest BCUT2D eigenvalue weighted by atomic mass is 10.1. The van der Waals surface area contributed by atoms with Crippen LogP contribution >= 0.6 is 0 Å². The number of rotatable bonds is 5. The van der Waals surface area contributed by atoms with Crippen molar-refractivity contribution in [2.45, 2.75) is 46.1 Å². The highest BCUT2D eigenvalue weighted by atomic mass is 16.2. The molecule has 1 aliphatic rings. The summed E-state index contributed by atoms with van der Waals surface area (Å²) in [6.45, 7) is 11.3. The van der Waals surface area contributed by atoms with Crippen LogP contribution in [0.5, 0.6) is 0 Å². The monoisotopic (exact) mass is 279 g/mol. The second kappa shape index (κ2) is 6.35. The van der Waals surface area contributed by atoms with Crippen molar-refractivity contribution >= 4 is 5.91 Å². The van der Waals surface area contributed by atoms with Gasteiger partial charge in [-0.3, -0.25) is 9.89 Å². The summed E-state index contributed by atoms with van der Waals surface area (Å²) in [7, 11) is 0. The van der Waals surface area contributed by atoms with Gasteiger partial charge in [-0.25, -0.2) is 4.98 Å². The van der Waals surface area contributed by atoms with E-state index in [0.717, 1.165) is 25.3 Å². The highest BCUT2D eigenvalue weighted by Crippen LogP contribution is 2.17. The molecule has 2 heterocycles. The van der Waals surface area contributed by atoms with Crippen molar-refractivity contribution in [2.75, 3.05) is 19.6 Å². The Morgan fingerprint density at radius 1 is 1.45 bits per heavy atom. The first-order chi connectivity index (χ1) is 9.47. The maximum Gasteiger partial charge on any atom is 0.290 e. The first-order valence-electron chi connectivity index (χ1n) is 7.42. The van der Waals surface area contributed by atoms with Gasteiger partial charge in [0, 0.05) is 25.0 Å². The molecule has 0 saturated carbocycles. The minimum atomic E-state index is -0.184. The van der Waals surface area contributed by atoms with Crippen molar-refractivity contribution in [3.05, 3.63) is 11.6 Å². The molecule has 2 N–H and O–H groups in total. The molecule has 112 valence electrons. The molecular weight excluding hydrogens is 254 g/mol. The van der Waals surface area contributed by atoms with E-state index in [1.165, 1.54) is 0 Å². The topological polar surface area (TPSA) is 73.9 Å². The van der Waals surface area contributed by atoms with Crippen LogP contribution in [0.2, 0.25) is 0 Å². The number of carbonyl (C=O) groups excluding carboxylic acids is 1. The van der Waals surface area contributed by atoms with Crippen LogP contribution in [-0.2, 0) is 0 Å². The lowest BCUT2D eigenvalue weighted by Crippen LogP contribution is -2.33. The predicted octanol–water partition coefficient (Wildman–Crippen LogP) is 1.39. The molecule has 0 bridgehead atoms. The molecule has 0 aromatic carbocycles. The van der Waals surface area contributed by atoms with Gasteiger partial charge in [-0.1, -0.05) is 13.8 Å². The van der Waals surface area contributed by atoms with Crippen LogP contribution in [0.3, 0.4) is 0 Å². The van der Waals surface area contributed by atoms with E-state index in [1.807, 2.05) is 13.8 Å². The summed E-state index contributed by atoms with van der Waals surface area (Å²) in [6, 6.07) is 0.581. The Morgan fingerprint density at radius 2 is 2.20 bits per heavy atom. The van der Waals surface area contributed by atoms with Crippen molar-refractivity contribution in [3.63, 3.8) is 0 Å². The zero-order valence-electron chi connectivity index (χ0n) is 12.8. The molecule has 6 nitrogen and oxygen atoms in total. The lowest BCUT2D eigenvalue weighted by Gasteiger charge is -2.20. The first-order valence-corrected chi connectivity index (χ1v) is 7.42. The molecule has 0 radical (unpaired) electrons. The fraction of sp³-hybridized carbons (Fsp3) is 0.786. The van der Waals surface area contributed by atoms with Crippen LogP contribution in [-0.4, -0.2) is 51.7 Å². The van der Waals surface area contributed by atoms with E-state index in [1.54, 1.807) is 0 Å². The van der Waals surface area contributed by atoms with Gasteiger partial charge in [-0.2, -0.15) is 0 Å². The van der Waals surface area contributed by atoms with Gasteiger partial charge in [0.2, 0.25) is 5.82 Å². The summed E-state index contributed by atoms with van der Waals surface area (Å²) in [5.74, 6) is 1.59. The maximum absolute atomic E-state index is 12.0. The molecule has 2 rings (SSSR count). The summed E-state index contributed by atoms with van der Waals surface area (Å²) in [4.78, 5) is 18.6. The average molecular weight is 279 g/mol. The summed E-state index contributed by atoms with van der Waals surface area (Å²) in [5.41, 5.74) is 0. The standard InChI is InChI=1S/C14H25N5O/c1-9(2)12-16-13(18-17-12)14(20)15-7-11-5-6-19(8-11)10(3)4/h9-11H,5-8H2,1-4H3,(H,15,20)(H,16,17,18). The van der Waals surface area contributed by atoms with Gasteiger partial charge in [-0.15, -0.1) is 5.10 Å². The normalized spacial score (nSPS) is 20.0. The van der Waals surface area contributed by atoms with Crippen LogP contribution < -0.4 is 5.32 Å². The summed E-state index contributed by atoms with van der Waals surface area (Å²) in [5, 5.41) is 9.72. The Morgan fingerprint density at radius 3 is 2.75 bits per heavy atom. The molecule has 1 aliphatic heterocycles. The molecule has 1 atom stereocenters. The zero-order valence-corrected chi connectivity index (χ0v) is 12.8. The maximum atomic E-state index is 12.0. The fourth-order valence-corrected chi connectivity index (χ4v) is 2.45. The van der Waals surface area contributed by atoms with Gasteiger partial charge in [-0.05, 0) is 32.7 Å². The number of hydrogen-bond acceptors (Lipinski definition) is 4. The third kappa shape index (κ3) is 3.56. The number of likely N-dealkylation sites (tertiary alicyclic amines) is 1. The molecule has 1 aromatic rings. The summed E-state index contributed by atoms with van der Waals surface area (Å²) < 4.78 is 0. The Bertz CT molecular complexity index is 454. The number of aromatic nitrogens is 3. The van der Waals surface area contributed by atoms with E-state index in [9.17, 15) is 4.79 Å². The molecule has 20 heavy (non-hydrogen) atoms. The molecule has 1 saturated heterocycles. The summed E-state index contributed by atoms with van der Waals surface area (Å²) in [6.07, 6.45) is 1.14. The zero-order chi connectivity index (χ0) is 14.7. The molecule has 0 spiro atoms. The van der Waals surface area contributed by atoms with Crippen LogP contribution in [0, 0.1) is 5.92 Å². The number of hydrogen-bond donors (Lipinski definition) is 2. The molecular formula is C14H25N5O. The lowest BCUT2D eigenvalue weighted by molar-refractivity contribution is 0.0937. The second-order valence-electron chi connectivity index (χ2n) is 6.15. The number of amides is 1. The third-order valence-electron chi connectivity index (χ3n) is 3.85. The Balaban J connectivity index is 1.80. The fourth-order valence-electron chi connectivity index (χ4n) is 2.45. The van der Waals surface area contributed by atoms with Crippen LogP contribution in [0.4, 0.5) is 0 Å². The van der Waals surface area contributed by atoms with Crippen molar-refractivity contribution in [1.82, 2.24) is 25.4 Å². The molecule has 1 fully saturated rings. The van der Waals surface area contributed by atoms with Crippen molar-refractivity contribution < 1.29 is 4.79 Å². The minimum Gasteiger partial charge on any atom is -0.349 e. The van der Waals surface area contributed by atoms with Crippen molar-refractivity contribution in [2.24, 2.45) is 5.92 Å². The van der Waals surface area contributed by atoms with Crippen molar-refractivity contribution in [3.8, 4) is 0 Å². The third-order valence-corrected chi connectivity index (χ3v) is 3.85. The second-order valence-corrected chi connectivity index (χ2v) is 6.15. The average Bonchev–Trinajstić information content (AvgIpc) is 3.05.